The summed E-state index contributed by atoms with van der Waals surface area (Å²) in [5.74, 6) is -0.831. The molecule has 0 bridgehead atoms. The van der Waals surface area contributed by atoms with Crippen LogP contribution in [0.15, 0.2) is 58.3 Å². The number of hydrogen-bond donors (Lipinski definition) is 1. The summed E-state index contributed by atoms with van der Waals surface area (Å²) < 4.78 is 66.6. The van der Waals surface area contributed by atoms with Crippen molar-refractivity contribution < 1.29 is 26.0 Å². The summed E-state index contributed by atoms with van der Waals surface area (Å²) in [5, 5.41) is 2.98. The van der Waals surface area contributed by atoms with Gasteiger partial charge in [0.2, 0.25) is 26.0 Å². The molecule has 0 unspecified atom stereocenters. The Balaban J connectivity index is 1.54. The van der Waals surface area contributed by atoms with Gasteiger partial charge in [0.15, 0.2) is 0 Å². The molecule has 0 spiro atoms. The van der Waals surface area contributed by atoms with Crippen LogP contribution in [-0.2, 0) is 24.8 Å². The van der Waals surface area contributed by atoms with Crippen LogP contribution in [0.3, 0.4) is 0 Å². The normalized spacial score (nSPS) is 15.5. The van der Waals surface area contributed by atoms with Gasteiger partial charge in [-0.3, -0.25) is 4.79 Å². The van der Waals surface area contributed by atoms with Gasteiger partial charge < -0.3 is 10.2 Å². The predicted molar refractivity (Wildman–Crippen MR) is 127 cm³/mol. The lowest BCUT2D eigenvalue weighted by molar-refractivity contribution is -0.130. The quantitative estimate of drug-likeness (QED) is 0.549. The van der Waals surface area contributed by atoms with E-state index in [0.29, 0.717) is 18.8 Å². The number of carbonyl (C=O) groups is 1. The monoisotopic (exact) mass is 512 g/mol. The van der Waals surface area contributed by atoms with E-state index in [1.807, 2.05) is 0 Å². The maximum Gasteiger partial charge on any atom is 0.243 e. The summed E-state index contributed by atoms with van der Waals surface area (Å²) in [6, 6.07) is 11.1. The Morgan fingerprint density at radius 1 is 0.941 bits per heavy atom. The molecule has 2 aromatic rings. The van der Waals surface area contributed by atoms with Gasteiger partial charge in [0.05, 0.1) is 16.3 Å². The zero-order valence-electron chi connectivity index (χ0n) is 19.1. The summed E-state index contributed by atoms with van der Waals surface area (Å²) in [7, 11) is -7.38. The minimum atomic E-state index is -3.83. The molecule has 0 radical (unpaired) electrons. The summed E-state index contributed by atoms with van der Waals surface area (Å²) in [6.07, 6.45) is 0. The van der Waals surface area contributed by atoms with Crippen LogP contribution in [0.1, 0.15) is 13.8 Å². The highest BCUT2D eigenvalue weighted by Crippen LogP contribution is 2.20. The number of anilines is 1. The van der Waals surface area contributed by atoms with Crippen molar-refractivity contribution >= 4 is 31.6 Å². The summed E-state index contributed by atoms with van der Waals surface area (Å²) in [4.78, 5) is 14.2. The fourth-order valence-corrected chi connectivity index (χ4v) is 6.61. The third kappa shape index (κ3) is 5.74. The Kier molecular flexibility index (Phi) is 8.29. The van der Waals surface area contributed by atoms with E-state index >= 15 is 0 Å². The average Bonchev–Trinajstić information content (AvgIpc) is 2.83. The Labute approximate surface area is 200 Å². The fraction of sp³-hybridized carbons (Fsp3) is 0.409. The van der Waals surface area contributed by atoms with Crippen LogP contribution in [0, 0.1) is 5.82 Å². The standard InChI is InChI=1S/C22H29FN4O5S2/c1-3-26(4-2)33(29,30)20-10-8-19(9-11-20)24-17-22(28)25-12-14-27(15-13-25)34(31,32)21-7-5-6-18(23)16-21/h5-11,16,24H,3-4,12-15,17H2,1-2H3. The number of benzene rings is 2. The zero-order chi connectivity index (χ0) is 24.9. The highest BCUT2D eigenvalue weighted by Gasteiger charge is 2.30. The average molecular weight is 513 g/mol. The molecule has 1 amide bonds. The molecule has 2 aromatic carbocycles. The second-order valence-corrected chi connectivity index (χ2v) is 11.6. The smallest absolute Gasteiger partial charge is 0.243 e. The molecule has 0 aliphatic carbocycles. The van der Waals surface area contributed by atoms with Crippen molar-refractivity contribution in [1.29, 1.82) is 0 Å². The molecule has 12 heteroatoms. The van der Waals surface area contributed by atoms with Crippen LogP contribution in [0.25, 0.3) is 0 Å². The van der Waals surface area contributed by atoms with E-state index in [2.05, 4.69) is 5.32 Å². The Hall–Kier alpha value is -2.54. The van der Waals surface area contributed by atoms with Crippen LogP contribution in [0.5, 0.6) is 0 Å². The Morgan fingerprint density at radius 2 is 1.56 bits per heavy atom. The van der Waals surface area contributed by atoms with Crippen molar-refractivity contribution in [2.24, 2.45) is 0 Å². The second kappa shape index (κ2) is 10.8. The lowest BCUT2D eigenvalue weighted by atomic mass is 10.3. The van der Waals surface area contributed by atoms with Gasteiger partial charge in [-0.2, -0.15) is 8.61 Å². The molecule has 1 fully saturated rings. The lowest BCUT2D eigenvalue weighted by Gasteiger charge is -2.34. The number of amides is 1. The van der Waals surface area contributed by atoms with Crippen LogP contribution < -0.4 is 5.32 Å². The molecular formula is C22H29FN4O5S2. The van der Waals surface area contributed by atoms with Gasteiger partial charge in [-0.25, -0.2) is 21.2 Å². The molecule has 1 aliphatic heterocycles. The number of halogens is 1. The molecule has 3 rings (SSSR count). The van der Waals surface area contributed by atoms with E-state index in [1.165, 1.54) is 38.9 Å². The molecular weight excluding hydrogens is 483 g/mol. The van der Waals surface area contributed by atoms with Gasteiger partial charge in [-0.15, -0.1) is 0 Å². The van der Waals surface area contributed by atoms with Crippen LogP contribution >= 0.6 is 0 Å². The summed E-state index contributed by atoms with van der Waals surface area (Å²) >= 11 is 0. The third-order valence-electron chi connectivity index (χ3n) is 5.67. The highest BCUT2D eigenvalue weighted by atomic mass is 32.2. The molecule has 1 saturated heterocycles. The predicted octanol–water partition coefficient (Wildman–Crippen LogP) is 1.80. The topological polar surface area (TPSA) is 107 Å². The number of hydrogen-bond acceptors (Lipinski definition) is 6. The first-order valence-electron chi connectivity index (χ1n) is 11.0. The largest absolute Gasteiger partial charge is 0.376 e. The minimum Gasteiger partial charge on any atom is -0.376 e. The fourth-order valence-electron chi connectivity index (χ4n) is 3.70. The maximum absolute atomic E-state index is 13.4. The maximum atomic E-state index is 13.4. The first-order valence-corrected chi connectivity index (χ1v) is 13.8. The molecule has 186 valence electrons. The number of nitrogens with zero attached hydrogens (tertiary/aromatic N) is 3. The molecule has 1 N–H and O–H groups in total. The van der Waals surface area contributed by atoms with Crippen LogP contribution in [0.2, 0.25) is 0 Å². The minimum absolute atomic E-state index is 0.0151. The van der Waals surface area contributed by atoms with Gasteiger partial charge in [-0.1, -0.05) is 19.9 Å². The third-order valence-corrected chi connectivity index (χ3v) is 9.63. The van der Waals surface area contributed by atoms with Gasteiger partial charge in [-0.05, 0) is 42.5 Å². The van der Waals surface area contributed by atoms with Gasteiger partial charge in [0.25, 0.3) is 0 Å². The SMILES string of the molecule is CCN(CC)S(=O)(=O)c1ccc(NCC(=O)N2CCN(S(=O)(=O)c3cccc(F)c3)CC2)cc1. The van der Waals surface area contributed by atoms with E-state index in [1.54, 1.807) is 30.9 Å². The van der Waals surface area contributed by atoms with Crippen molar-refractivity contribution in [2.75, 3.05) is 51.1 Å². The van der Waals surface area contributed by atoms with Crippen molar-refractivity contribution in [2.45, 2.75) is 23.6 Å². The second-order valence-electron chi connectivity index (χ2n) is 7.71. The zero-order valence-corrected chi connectivity index (χ0v) is 20.8. The van der Waals surface area contributed by atoms with Crippen molar-refractivity contribution in [3.8, 4) is 0 Å². The highest BCUT2D eigenvalue weighted by molar-refractivity contribution is 7.89. The molecule has 0 aromatic heterocycles. The van der Waals surface area contributed by atoms with E-state index in [0.717, 1.165) is 6.07 Å². The van der Waals surface area contributed by atoms with Crippen molar-refractivity contribution in [1.82, 2.24) is 13.5 Å². The molecule has 0 saturated carbocycles. The molecule has 34 heavy (non-hydrogen) atoms. The molecule has 0 atom stereocenters. The number of sulfonamides is 2. The summed E-state index contributed by atoms with van der Waals surface area (Å²) in [6.45, 7) is 4.96. The van der Waals surface area contributed by atoms with Gasteiger partial charge in [0, 0.05) is 45.0 Å². The lowest BCUT2D eigenvalue weighted by Crippen LogP contribution is -2.51. The number of carbonyl (C=O) groups excluding carboxylic acids is 1. The molecule has 9 nitrogen and oxygen atoms in total. The number of rotatable bonds is 9. The molecule has 1 aliphatic rings. The van der Waals surface area contributed by atoms with Gasteiger partial charge in [0.1, 0.15) is 5.82 Å². The Bertz CT molecular complexity index is 1210. The number of piperazine rings is 1. The van der Waals surface area contributed by atoms with Crippen molar-refractivity contribution in [3.63, 3.8) is 0 Å². The number of nitrogens with one attached hydrogen (secondary N) is 1. The van der Waals surface area contributed by atoms with E-state index in [9.17, 15) is 26.0 Å². The van der Waals surface area contributed by atoms with Gasteiger partial charge >= 0.3 is 0 Å². The van der Waals surface area contributed by atoms with E-state index in [-0.39, 0.29) is 48.4 Å². The molecule has 1 heterocycles. The summed E-state index contributed by atoms with van der Waals surface area (Å²) in [5.41, 5.74) is 0.596. The first-order chi connectivity index (χ1) is 16.1. The van der Waals surface area contributed by atoms with E-state index in [4.69, 9.17) is 0 Å². The van der Waals surface area contributed by atoms with Crippen LogP contribution in [-0.4, -0.2) is 82.1 Å². The van der Waals surface area contributed by atoms with Crippen LogP contribution in [0.4, 0.5) is 10.1 Å². The first kappa shape index (κ1) is 26.1. The Morgan fingerprint density at radius 3 is 2.12 bits per heavy atom. The van der Waals surface area contributed by atoms with Crippen molar-refractivity contribution in [3.05, 3.63) is 54.3 Å². The van der Waals surface area contributed by atoms with E-state index < -0.39 is 25.9 Å².